The van der Waals surface area contributed by atoms with E-state index in [0.717, 1.165) is 50.5 Å². The standard InChI is InChI=1S/C38H35N7/c1-37(2,3)24-7-9-34-27(17-24)28-18-25(38(4,5)6)8-10-35(28)45(34)26-19-29(31-11-14-39-21-42-31)36(33-13-16-41-23-44-33)30(20-26)32-12-15-40-22-43-32/h7-23H,1-6H3. The molecular weight excluding hydrogens is 554 g/mol. The third-order valence-corrected chi connectivity index (χ3v) is 8.43. The number of aromatic nitrogens is 7. The van der Waals surface area contributed by atoms with E-state index in [4.69, 9.17) is 9.97 Å². The Hall–Kier alpha value is -5.30. The molecule has 0 saturated heterocycles. The van der Waals surface area contributed by atoms with E-state index in [1.165, 1.54) is 21.9 Å². The third-order valence-electron chi connectivity index (χ3n) is 8.43. The SMILES string of the molecule is CC(C)(C)c1ccc2c(c1)c1cc(C(C)(C)C)ccc1n2-c1cc(-c2ccncn2)c(-c2ccncn2)c(-c2ccncn2)c1. The van der Waals surface area contributed by atoms with Gasteiger partial charge in [-0.3, -0.25) is 0 Å². The van der Waals surface area contributed by atoms with E-state index in [1.807, 2.05) is 18.2 Å². The highest BCUT2D eigenvalue weighted by Crippen LogP contribution is 2.43. The van der Waals surface area contributed by atoms with Gasteiger partial charge < -0.3 is 4.57 Å². The van der Waals surface area contributed by atoms with Gasteiger partial charge in [-0.1, -0.05) is 53.7 Å². The van der Waals surface area contributed by atoms with E-state index >= 15 is 0 Å². The van der Waals surface area contributed by atoms with Crippen LogP contribution in [-0.2, 0) is 10.8 Å². The molecule has 7 rings (SSSR count). The van der Waals surface area contributed by atoms with Crippen LogP contribution in [0.25, 0.3) is 61.3 Å². The van der Waals surface area contributed by atoms with Gasteiger partial charge in [-0.2, -0.15) is 0 Å². The maximum Gasteiger partial charge on any atom is 0.116 e. The number of hydrogen-bond acceptors (Lipinski definition) is 6. The second-order valence-electron chi connectivity index (χ2n) is 13.5. The summed E-state index contributed by atoms with van der Waals surface area (Å²) in [7, 11) is 0. The van der Waals surface area contributed by atoms with E-state index in [1.54, 1.807) is 37.6 Å². The lowest BCUT2D eigenvalue weighted by Gasteiger charge is -2.20. The van der Waals surface area contributed by atoms with Gasteiger partial charge in [-0.05, 0) is 76.6 Å². The van der Waals surface area contributed by atoms with Gasteiger partial charge in [0.1, 0.15) is 19.0 Å². The molecule has 45 heavy (non-hydrogen) atoms. The Morgan fingerprint density at radius 3 is 1.29 bits per heavy atom. The summed E-state index contributed by atoms with van der Waals surface area (Å²) in [5.74, 6) is 0. The van der Waals surface area contributed by atoms with Crippen molar-refractivity contribution in [3.8, 4) is 39.5 Å². The molecular formula is C38H35N7. The topological polar surface area (TPSA) is 82.3 Å². The first-order chi connectivity index (χ1) is 21.6. The van der Waals surface area contributed by atoms with Gasteiger partial charge in [0.25, 0.3) is 0 Å². The lowest BCUT2D eigenvalue weighted by molar-refractivity contribution is 0.590. The maximum atomic E-state index is 4.70. The molecule has 0 fully saturated rings. The highest BCUT2D eigenvalue weighted by atomic mass is 15.0. The third kappa shape index (κ3) is 5.14. The quantitative estimate of drug-likeness (QED) is 0.204. The molecule has 7 aromatic rings. The normalized spacial score (nSPS) is 12.2. The van der Waals surface area contributed by atoms with Crippen LogP contribution in [0.5, 0.6) is 0 Å². The minimum absolute atomic E-state index is 0.0177. The molecule has 0 aliphatic heterocycles. The second-order valence-corrected chi connectivity index (χ2v) is 13.5. The molecule has 7 heteroatoms. The number of nitrogens with zero attached hydrogens (tertiary/aromatic N) is 7. The molecule has 0 aliphatic carbocycles. The monoisotopic (exact) mass is 589 g/mol. The molecule has 7 nitrogen and oxygen atoms in total. The fraction of sp³-hybridized carbons (Fsp3) is 0.211. The van der Waals surface area contributed by atoms with Crippen molar-refractivity contribution in [2.24, 2.45) is 0 Å². The summed E-state index contributed by atoms with van der Waals surface area (Å²) in [6.07, 6.45) is 10.0. The summed E-state index contributed by atoms with van der Waals surface area (Å²) in [6.45, 7) is 13.6. The highest BCUT2D eigenvalue weighted by Gasteiger charge is 2.24. The minimum Gasteiger partial charge on any atom is -0.309 e. The highest BCUT2D eigenvalue weighted by molar-refractivity contribution is 6.10. The zero-order valence-corrected chi connectivity index (χ0v) is 26.4. The largest absolute Gasteiger partial charge is 0.309 e. The van der Waals surface area contributed by atoms with Crippen molar-refractivity contribution in [3.63, 3.8) is 0 Å². The Balaban J connectivity index is 1.62. The fourth-order valence-corrected chi connectivity index (χ4v) is 6.01. The summed E-state index contributed by atoms with van der Waals surface area (Å²) in [5, 5.41) is 2.46. The van der Waals surface area contributed by atoms with E-state index < -0.39 is 0 Å². The van der Waals surface area contributed by atoms with Crippen molar-refractivity contribution in [2.45, 2.75) is 52.4 Å². The molecule has 222 valence electrons. The van der Waals surface area contributed by atoms with Gasteiger partial charge in [0.15, 0.2) is 0 Å². The van der Waals surface area contributed by atoms with Crippen LogP contribution in [0.1, 0.15) is 52.7 Å². The summed E-state index contributed by atoms with van der Waals surface area (Å²) in [6, 6.07) is 24.0. The number of rotatable bonds is 4. The van der Waals surface area contributed by atoms with Crippen molar-refractivity contribution in [1.82, 2.24) is 34.5 Å². The van der Waals surface area contributed by atoms with Crippen LogP contribution in [0.15, 0.2) is 104 Å². The predicted octanol–water partition coefficient (Wildman–Crippen LogP) is 8.75. The molecule has 3 aromatic carbocycles. The van der Waals surface area contributed by atoms with Crippen molar-refractivity contribution in [3.05, 3.63) is 115 Å². The Morgan fingerprint density at radius 2 is 0.911 bits per heavy atom. The van der Waals surface area contributed by atoms with Gasteiger partial charge >= 0.3 is 0 Å². The summed E-state index contributed by atoms with van der Waals surface area (Å²) >= 11 is 0. The van der Waals surface area contributed by atoms with Crippen LogP contribution < -0.4 is 0 Å². The summed E-state index contributed by atoms with van der Waals surface area (Å²) in [4.78, 5) is 26.7. The van der Waals surface area contributed by atoms with E-state index in [0.29, 0.717) is 0 Å². The Kier molecular flexibility index (Phi) is 6.77. The van der Waals surface area contributed by atoms with Crippen molar-refractivity contribution in [2.75, 3.05) is 0 Å². The van der Waals surface area contributed by atoms with E-state index in [2.05, 4.69) is 115 Å². The summed E-state index contributed by atoms with van der Waals surface area (Å²) < 4.78 is 2.36. The number of hydrogen-bond donors (Lipinski definition) is 0. The number of fused-ring (bicyclic) bond motifs is 3. The van der Waals surface area contributed by atoms with Crippen LogP contribution in [0.2, 0.25) is 0 Å². The lowest BCUT2D eigenvalue weighted by atomic mass is 9.85. The van der Waals surface area contributed by atoms with Gasteiger partial charge in [-0.15, -0.1) is 0 Å². The molecule has 0 aliphatic rings. The van der Waals surface area contributed by atoms with Gasteiger partial charge in [-0.25, -0.2) is 29.9 Å². The maximum absolute atomic E-state index is 4.70. The van der Waals surface area contributed by atoms with Crippen LogP contribution in [0.4, 0.5) is 0 Å². The van der Waals surface area contributed by atoms with Crippen LogP contribution in [0.3, 0.4) is 0 Å². The molecule has 4 aromatic heterocycles. The van der Waals surface area contributed by atoms with Crippen LogP contribution >= 0.6 is 0 Å². The molecule has 0 saturated carbocycles. The fourth-order valence-electron chi connectivity index (χ4n) is 6.01. The van der Waals surface area contributed by atoms with Crippen molar-refractivity contribution in [1.29, 1.82) is 0 Å². The first kappa shape index (κ1) is 28.5. The molecule has 0 amide bonds. The molecule has 0 atom stereocenters. The van der Waals surface area contributed by atoms with Gasteiger partial charge in [0.05, 0.1) is 28.1 Å². The second kappa shape index (κ2) is 10.7. The first-order valence-corrected chi connectivity index (χ1v) is 15.2. The van der Waals surface area contributed by atoms with E-state index in [-0.39, 0.29) is 10.8 Å². The van der Waals surface area contributed by atoms with E-state index in [9.17, 15) is 0 Å². The molecule has 0 spiro atoms. The van der Waals surface area contributed by atoms with Crippen molar-refractivity contribution >= 4 is 21.8 Å². The summed E-state index contributed by atoms with van der Waals surface area (Å²) in [5.41, 5.74) is 11.1. The number of benzene rings is 3. The van der Waals surface area contributed by atoms with Crippen LogP contribution in [-0.4, -0.2) is 34.5 Å². The lowest BCUT2D eigenvalue weighted by Crippen LogP contribution is -2.10. The first-order valence-electron chi connectivity index (χ1n) is 15.2. The van der Waals surface area contributed by atoms with Crippen LogP contribution in [0, 0.1) is 0 Å². The predicted molar refractivity (Wildman–Crippen MR) is 181 cm³/mol. The minimum atomic E-state index is 0.0177. The van der Waals surface area contributed by atoms with Gasteiger partial charge in [0, 0.05) is 51.7 Å². The average molecular weight is 590 g/mol. The molecule has 0 N–H and O–H groups in total. The Labute approximate surface area is 263 Å². The molecule has 4 heterocycles. The molecule has 0 radical (unpaired) electrons. The Morgan fingerprint density at radius 1 is 0.489 bits per heavy atom. The average Bonchev–Trinajstić information content (AvgIpc) is 3.38. The van der Waals surface area contributed by atoms with Gasteiger partial charge in [0.2, 0.25) is 0 Å². The zero-order valence-electron chi connectivity index (χ0n) is 26.4. The van der Waals surface area contributed by atoms with Crippen molar-refractivity contribution < 1.29 is 0 Å². The smallest absolute Gasteiger partial charge is 0.116 e. The zero-order chi connectivity index (χ0) is 31.3. The molecule has 0 bridgehead atoms. The molecule has 0 unspecified atom stereocenters. The Bertz CT molecular complexity index is 2020.